The number of carbonyl (C=O) groups excluding carboxylic acids is 1. The maximum atomic E-state index is 14.1. The summed E-state index contributed by atoms with van der Waals surface area (Å²) in [5.74, 6) is -0.943. The van der Waals surface area contributed by atoms with Gasteiger partial charge >= 0.3 is 0 Å². The van der Waals surface area contributed by atoms with Crippen LogP contribution in [0.4, 0.5) is 17.6 Å². The molecule has 0 saturated carbocycles. The van der Waals surface area contributed by atoms with Gasteiger partial charge in [0, 0.05) is 24.1 Å². The zero-order valence-electron chi connectivity index (χ0n) is 13.7. The van der Waals surface area contributed by atoms with Crippen molar-refractivity contribution >= 4 is 5.91 Å². The van der Waals surface area contributed by atoms with Crippen LogP contribution in [-0.2, 0) is 11.3 Å². The number of halogens is 4. The predicted molar refractivity (Wildman–Crippen MR) is 87.7 cm³/mol. The number of pyridine rings is 1. The highest BCUT2D eigenvalue weighted by Gasteiger charge is 2.28. The van der Waals surface area contributed by atoms with E-state index in [1.807, 2.05) is 0 Å². The Kier molecular flexibility index (Phi) is 5.51. The number of alkyl halides is 3. The first-order valence-electron chi connectivity index (χ1n) is 8.12. The highest BCUT2D eigenvalue weighted by molar-refractivity contribution is 5.82. The van der Waals surface area contributed by atoms with Crippen molar-refractivity contribution in [3.05, 3.63) is 53.6 Å². The number of amides is 1. The number of hydrogen-bond acceptors (Lipinski definition) is 3. The lowest BCUT2D eigenvalue weighted by Crippen LogP contribution is -2.40. The van der Waals surface area contributed by atoms with E-state index in [2.05, 4.69) is 15.6 Å². The molecular formula is C18H17F4N3O. The standard InChI is InChI=1S/C18H17F4N3O/c19-12-5-16(24-7-12)18(26)25-8-13-6-14(15(20)9-23-13)10-1-3-11(4-2-10)17(21)22/h1-4,6,9,12,16-17,24H,5,7-8H2,(H,25,26)/t12-,16+/m1/s1. The Morgan fingerprint density at radius 3 is 2.65 bits per heavy atom. The molecule has 1 amide bonds. The number of benzene rings is 1. The molecule has 0 spiro atoms. The summed E-state index contributed by atoms with van der Waals surface area (Å²) in [6.45, 7) is 0.196. The van der Waals surface area contributed by atoms with Gasteiger partial charge in [-0.05, 0) is 11.6 Å². The molecule has 1 aliphatic heterocycles. The summed E-state index contributed by atoms with van der Waals surface area (Å²) in [7, 11) is 0. The summed E-state index contributed by atoms with van der Waals surface area (Å²) < 4.78 is 52.4. The van der Waals surface area contributed by atoms with Gasteiger partial charge in [-0.1, -0.05) is 24.3 Å². The molecule has 1 fully saturated rings. The average Bonchev–Trinajstić information content (AvgIpc) is 3.07. The normalized spacial score (nSPS) is 19.7. The van der Waals surface area contributed by atoms with Gasteiger partial charge in [0.1, 0.15) is 12.0 Å². The van der Waals surface area contributed by atoms with Crippen molar-refractivity contribution in [3.63, 3.8) is 0 Å². The van der Waals surface area contributed by atoms with Gasteiger partial charge in [-0.2, -0.15) is 0 Å². The Morgan fingerprint density at radius 2 is 2.04 bits per heavy atom. The van der Waals surface area contributed by atoms with E-state index in [4.69, 9.17) is 0 Å². The number of rotatable bonds is 5. The molecule has 1 aromatic heterocycles. The van der Waals surface area contributed by atoms with Crippen LogP contribution in [-0.4, -0.2) is 29.6 Å². The first-order chi connectivity index (χ1) is 12.4. The molecule has 0 aliphatic carbocycles. The van der Waals surface area contributed by atoms with Crippen molar-refractivity contribution < 1.29 is 22.4 Å². The molecule has 0 radical (unpaired) electrons. The third kappa shape index (κ3) is 4.19. The first-order valence-corrected chi connectivity index (χ1v) is 8.12. The third-order valence-corrected chi connectivity index (χ3v) is 4.22. The summed E-state index contributed by atoms with van der Waals surface area (Å²) in [5.41, 5.74) is 0.890. The predicted octanol–water partition coefficient (Wildman–Crippen LogP) is 3.14. The van der Waals surface area contributed by atoms with Crippen LogP contribution in [0.1, 0.15) is 24.1 Å². The second-order valence-electron chi connectivity index (χ2n) is 6.09. The minimum atomic E-state index is -2.59. The van der Waals surface area contributed by atoms with E-state index in [0.717, 1.165) is 6.20 Å². The van der Waals surface area contributed by atoms with E-state index in [9.17, 15) is 22.4 Å². The molecular weight excluding hydrogens is 350 g/mol. The second kappa shape index (κ2) is 7.82. The first kappa shape index (κ1) is 18.3. The fourth-order valence-corrected chi connectivity index (χ4v) is 2.80. The van der Waals surface area contributed by atoms with Gasteiger partial charge in [0.25, 0.3) is 6.43 Å². The molecule has 4 nitrogen and oxygen atoms in total. The van der Waals surface area contributed by atoms with E-state index in [1.165, 1.54) is 30.3 Å². The Hall–Kier alpha value is -2.48. The molecule has 138 valence electrons. The van der Waals surface area contributed by atoms with Crippen LogP contribution in [0.25, 0.3) is 11.1 Å². The highest BCUT2D eigenvalue weighted by atomic mass is 19.3. The molecule has 2 heterocycles. The second-order valence-corrected chi connectivity index (χ2v) is 6.09. The molecule has 2 aromatic rings. The van der Waals surface area contributed by atoms with E-state index in [1.54, 1.807) is 0 Å². The number of nitrogens with one attached hydrogen (secondary N) is 2. The fourth-order valence-electron chi connectivity index (χ4n) is 2.80. The zero-order chi connectivity index (χ0) is 18.7. The molecule has 0 bridgehead atoms. The SMILES string of the molecule is O=C(NCc1cc(-c2ccc(C(F)F)cc2)c(F)cn1)[C@@H]1C[C@@H](F)CN1. The minimum absolute atomic E-state index is 0.0519. The number of hydrogen-bond donors (Lipinski definition) is 2. The molecule has 1 saturated heterocycles. The van der Waals surface area contributed by atoms with Crippen molar-refractivity contribution in [3.8, 4) is 11.1 Å². The van der Waals surface area contributed by atoms with Gasteiger partial charge in [0.2, 0.25) is 5.91 Å². The van der Waals surface area contributed by atoms with Gasteiger partial charge in [-0.15, -0.1) is 0 Å². The number of nitrogens with zero attached hydrogens (tertiary/aromatic N) is 1. The van der Waals surface area contributed by atoms with Gasteiger partial charge in [0.05, 0.1) is 24.5 Å². The molecule has 0 unspecified atom stereocenters. The monoisotopic (exact) mass is 367 g/mol. The number of carbonyl (C=O) groups is 1. The largest absolute Gasteiger partial charge is 0.349 e. The van der Waals surface area contributed by atoms with Crippen molar-refractivity contribution in [2.75, 3.05) is 6.54 Å². The average molecular weight is 367 g/mol. The van der Waals surface area contributed by atoms with Crippen molar-refractivity contribution in [2.45, 2.75) is 31.6 Å². The van der Waals surface area contributed by atoms with Gasteiger partial charge in [0.15, 0.2) is 0 Å². The molecule has 3 rings (SSSR count). The van der Waals surface area contributed by atoms with Crippen LogP contribution in [0.3, 0.4) is 0 Å². The highest BCUT2D eigenvalue weighted by Crippen LogP contribution is 2.26. The molecule has 1 aromatic carbocycles. The van der Waals surface area contributed by atoms with Crippen molar-refractivity contribution in [1.29, 1.82) is 0 Å². The van der Waals surface area contributed by atoms with Crippen LogP contribution >= 0.6 is 0 Å². The quantitative estimate of drug-likeness (QED) is 0.799. The molecule has 26 heavy (non-hydrogen) atoms. The van der Waals surface area contributed by atoms with Gasteiger partial charge in [-0.3, -0.25) is 9.78 Å². The minimum Gasteiger partial charge on any atom is -0.349 e. The molecule has 2 N–H and O–H groups in total. The molecule has 1 aliphatic rings. The summed E-state index contributed by atoms with van der Waals surface area (Å²) in [5, 5.41) is 5.41. The Labute approximate surface area is 147 Å². The van der Waals surface area contributed by atoms with Gasteiger partial charge < -0.3 is 10.6 Å². The van der Waals surface area contributed by atoms with Crippen LogP contribution < -0.4 is 10.6 Å². The van der Waals surface area contributed by atoms with Crippen molar-refractivity contribution in [2.24, 2.45) is 0 Å². The number of aromatic nitrogens is 1. The van der Waals surface area contributed by atoms with E-state index < -0.39 is 24.5 Å². The zero-order valence-corrected chi connectivity index (χ0v) is 13.7. The molecule has 2 atom stereocenters. The van der Waals surface area contributed by atoms with Gasteiger partial charge in [-0.25, -0.2) is 17.6 Å². The summed E-state index contributed by atoms with van der Waals surface area (Å²) >= 11 is 0. The third-order valence-electron chi connectivity index (χ3n) is 4.22. The van der Waals surface area contributed by atoms with Crippen LogP contribution in [0, 0.1) is 5.82 Å². The molecule has 8 heteroatoms. The van der Waals surface area contributed by atoms with Crippen LogP contribution in [0.5, 0.6) is 0 Å². The maximum Gasteiger partial charge on any atom is 0.263 e. The Balaban J connectivity index is 1.70. The fraction of sp³-hybridized carbons (Fsp3) is 0.333. The lowest BCUT2D eigenvalue weighted by Gasteiger charge is -2.12. The van der Waals surface area contributed by atoms with E-state index in [-0.39, 0.29) is 36.5 Å². The lowest BCUT2D eigenvalue weighted by atomic mass is 10.0. The Bertz CT molecular complexity index is 783. The van der Waals surface area contributed by atoms with E-state index in [0.29, 0.717) is 11.3 Å². The smallest absolute Gasteiger partial charge is 0.263 e. The van der Waals surface area contributed by atoms with E-state index >= 15 is 0 Å². The van der Waals surface area contributed by atoms with Crippen LogP contribution in [0.15, 0.2) is 36.5 Å². The summed E-state index contributed by atoms with van der Waals surface area (Å²) in [6.07, 6.45) is -2.50. The summed E-state index contributed by atoms with van der Waals surface area (Å²) in [4.78, 5) is 15.9. The Morgan fingerprint density at radius 1 is 1.31 bits per heavy atom. The van der Waals surface area contributed by atoms with Crippen molar-refractivity contribution in [1.82, 2.24) is 15.6 Å². The topological polar surface area (TPSA) is 54.0 Å². The van der Waals surface area contributed by atoms with Crippen LogP contribution in [0.2, 0.25) is 0 Å². The summed E-state index contributed by atoms with van der Waals surface area (Å²) in [6, 6.07) is 6.15. The lowest BCUT2D eigenvalue weighted by molar-refractivity contribution is -0.123. The maximum absolute atomic E-state index is 14.1.